The number of sulfonamides is 1. The maximum atomic E-state index is 12.9. The van der Waals surface area contributed by atoms with Gasteiger partial charge in [0, 0.05) is 18.7 Å². The Labute approximate surface area is 167 Å². The van der Waals surface area contributed by atoms with E-state index in [9.17, 15) is 8.42 Å². The van der Waals surface area contributed by atoms with E-state index in [0.717, 1.165) is 0 Å². The molecule has 1 aliphatic rings. The number of para-hydroxylation sites is 1. The first-order valence-corrected chi connectivity index (χ1v) is 10.6. The van der Waals surface area contributed by atoms with Crippen molar-refractivity contribution in [2.75, 3.05) is 19.7 Å². The van der Waals surface area contributed by atoms with E-state index in [4.69, 9.17) is 20.9 Å². The van der Waals surface area contributed by atoms with E-state index in [-0.39, 0.29) is 23.9 Å². The van der Waals surface area contributed by atoms with Crippen molar-refractivity contribution in [3.05, 3.63) is 59.4 Å². The lowest BCUT2D eigenvalue weighted by Crippen LogP contribution is -2.48. The summed E-state index contributed by atoms with van der Waals surface area (Å²) in [5.41, 5.74) is 0.675. The molecule has 3 aromatic rings. The Kier molecular flexibility index (Phi) is 5.09. The molecule has 0 unspecified atom stereocenters. The molecule has 0 amide bonds. The van der Waals surface area contributed by atoms with Crippen LogP contribution in [0.2, 0.25) is 5.02 Å². The van der Waals surface area contributed by atoms with Crippen LogP contribution in [0.4, 0.5) is 0 Å². The van der Waals surface area contributed by atoms with Gasteiger partial charge in [-0.15, -0.1) is 0 Å². The molecule has 0 radical (unpaired) electrons. The van der Waals surface area contributed by atoms with Crippen molar-refractivity contribution in [2.45, 2.75) is 17.7 Å². The molecule has 0 bridgehead atoms. The van der Waals surface area contributed by atoms with Crippen LogP contribution < -0.4 is 4.74 Å². The number of hydrogen-bond acceptors (Lipinski definition) is 6. The lowest BCUT2D eigenvalue weighted by molar-refractivity contribution is 0.216. The molecule has 2 heterocycles. The second-order valence-electron chi connectivity index (χ2n) is 6.33. The van der Waals surface area contributed by atoms with Crippen molar-refractivity contribution in [2.24, 2.45) is 0 Å². The minimum Gasteiger partial charge on any atom is -0.492 e. The predicted octanol–water partition coefficient (Wildman–Crippen LogP) is 3.58. The quantitative estimate of drug-likeness (QED) is 0.607. The smallest absolute Gasteiger partial charge is 0.246 e. The molecular formula is C19H18ClN3O4S. The molecule has 7 nitrogen and oxygen atoms in total. The summed E-state index contributed by atoms with van der Waals surface area (Å²) in [5, 5.41) is 4.50. The van der Waals surface area contributed by atoms with Crippen LogP contribution in [-0.2, 0) is 10.0 Å². The molecule has 1 aliphatic heterocycles. The fourth-order valence-corrected chi connectivity index (χ4v) is 4.90. The lowest BCUT2D eigenvalue weighted by Gasteiger charge is -2.36. The van der Waals surface area contributed by atoms with Gasteiger partial charge in [-0.1, -0.05) is 41.0 Å². The molecule has 0 N–H and O–H groups in total. The van der Waals surface area contributed by atoms with Gasteiger partial charge in [0.2, 0.25) is 21.7 Å². The van der Waals surface area contributed by atoms with E-state index in [1.54, 1.807) is 36.4 Å². The summed E-state index contributed by atoms with van der Waals surface area (Å²) >= 11 is 6.17. The van der Waals surface area contributed by atoms with Crippen LogP contribution in [0.5, 0.6) is 5.75 Å². The van der Waals surface area contributed by atoms with Crippen molar-refractivity contribution in [1.82, 2.24) is 14.4 Å². The van der Waals surface area contributed by atoms with Crippen molar-refractivity contribution in [1.29, 1.82) is 0 Å². The minimum absolute atomic E-state index is 0.155. The summed E-state index contributed by atoms with van der Waals surface area (Å²) in [5.74, 6) is 0.994. The summed E-state index contributed by atoms with van der Waals surface area (Å²) < 4.78 is 38.0. The Morgan fingerprint density at radius 3 is 2.64 bits per heavy atom. The molecule has 1 fully saturated rings. The average Bonchev–Trinajstić information content (AvgIpc) is 3.10. The van der Waals surface area contributed by atoms with E-state index in [2.05, 4.69) is 10.1 Å². The van der Waals surface area contributed by atoms with Crippen LogP contribution in [0.1, 0.15) is 18.7 Å². The number of nitrogens with zero attached hydrogens (tertiary/aromatic N) is 3. The minimum atomic E-state index is -3.65. The van der Waals surface area contributed by atoms with Crippen LogP contribution >= 0.6 is 11.6 Å². The summed E-state index contributed by atoms with van der Waals surface area (Å²) in [7, 11) is -3.65. The van der Waals surface area contributed by atoms with Crippen LogP contribution in [0, 0.1) is 0 Å². The zero-order chi connectivity index (χ0) is 19.7. The standard InChI is InChI=1S/C19H18ClN3O4S/c1-2-26-16-9-5-6-10-17(16)28(24,25)23-11-13(12-23)19-21-18(22-27-19)14-7-3-4-8-15(14)20/h3-10,13H,2,11-12H2,1H3. The number of aromatic nitrogens is 2. The fraction of sp³-hybridized carbons (Fsp3) is 0.263. The van der Waals surface area contributed by atoms with Gasteiger partial charge < -0.3 is 9.26 Å². The normalized spacial score (nSPS) is 15.4. The Morgan fingerprint density at radius 2 is 1.89 bits per heavy atom. The van der Waals surface area contributed by atoms with E-state index >= 15 is 0 Å². The molecule has 0 atom stereocenters. The van der Waals surface area contributed by atoms with E-state index in [1.807, 2.05) is 19.1 Å². The second kappa shape index (κ2) is 7.54. The largest absolute Gasteiger partial charge is 0.492 e. The Balaban J connectivity index is 1.50. The van der Waals surface area contributed by atoms with Crippen molar-refractivity contribution >= 4 is 21.6 Å². The SMILES string of the molecule is CCOc1ccccc1S(=O)(=O)N1CC(c2nc(-c3ccccc3Cl)no2)C1. The monoisotopic (exact) mass is 419 g/mol. The third-order valence-corrected chi connectivity index (χ3v) is 6.72. The van der Waals surface area contributed by atoms with Crippen LogP contribution in [0.3, 0.4) is 0 Å². The number of halogens is 1. The summed E-state index contributed by atoms with van der Waals surface area (Å²) in [6.07, 6.45) is 0. The number of ether oxygens (including phenoxy) is 1. The van der Waals surface area contributed by atoms with Crippen molar-refractivity contribution < 1.29 is 17.7 Å². The van der Waals surface area contributed by atoms with Gasteiger partial charge in [0.25, 0.3) is 0 Å². The predicted molar refractivity (Wildman–Crippen MR) is 104 cm³/mol. The van der Waals surface area contributed by atoms with Gasteiger partial charge in [0.15, 0.2) is 0 Å². The molecule has 1 aromatic heterocycles. The van der Waals surface area contributed by atoms with Crippen LogP contribution in [-0.4, -0.2) is 42.6 Å². The molecule has 0 spiro atoms. The van der Waals surface area contributed by atoms with Gasteiger partial charge in [0.1, 0.15) is 10.6 Å². The molecule has 28 heavy (non-hydrogen) atoms. The third-order valence-electron chi connectivity index (χ3n) is 4.52. The molecule has 146 valence electrons. The summed E-state index contributed by atoms with van der Waals surface area (Å²) in [6, 6.07) is 13.8. The molecule has 0 saturated carbocycles. The summed E-state index contributed by atoms with van der Waals surface area (Å²) in [4.78, 5) is 4.56. The van der Waals surface area contributed by atoms with Crippen molar-refractivity contribution in [3.63, 3.8) is 0 Å². The van der Waals surface area contributed by atoms with Gasteiger partial charge in [-0.25, -0.2) is 8.42 Å². The average molecular weight is 420 g/mol. The molecule has 9 heteroatoms. The summed E-state index contributed by atoms with van der Waals surface area (Å²) in [6.45, 7) is 2.75. The van der Waals surface area contributed by atoms with Gasteiger partial charge in [-0.05, 0) is 31.2 Å². The second-order valence-corrected chi connectivity index (χ2v) is 8.65. The fourth-order valence-electron chi connectivity index (χ4n) is 3.02. The zero-order valence-corrected chi connectivity index (χ0v) is 16.7. The highest BCUT2D eigenvalue weighted by Gasteiger charge is 2.41. The van der Waals surface area contributed by atoms with Gasteiger partial charge >= 0.3 is 0 Å². The first kappa shape index (κ1) is 18.9. The number of benzene rings is 2. The topological polar surface area (TPSA) is 85.5 Å². The van der Waals surface area contributed by atoms with Gasteiger partial charge in [-0.3, -0.25) is 0 Å². The van der Waals surface area contributed by atoms with Gasteiger partial charge in [0.05, 0.1) is 17.5 Å². The molecule has 4 rings (SSSR count). The van der Waals surface area contributed by atoms with E-state index < -0.39 is 10.0 Å². The molecule has 1 saturated heterocycles. The maximum absolute atomic E-state index is 12.9. The maximum Gasteiger partial charge on any atom is 0.246 e. The molecule has 2 aromatic carbocycles. The molecule has 0 aliphatic carbocycles. The highest BCUT2D eigenvalue weighted by atomic mass is 35.5. The number of hydrogen-bond donors (Lipinski definition) is 0. The highest BCUT2D eigenvalue weighted by molar-refractivity contribution is 7.89. The molecular weight excluding hydrogens is 402 g/mol. The third kappa shape index (κ3) is 3.39. The van der Waals surface area contributed by atoms with Crippen LogP contribution in [0.25, 0.3) is 11.4 Å². The first-order chi connectivity index (χ1) is 13.5. The highest BCUT2D eigenvalue weighted by Crippen LogP contribution is 2.35. The van der Waals surface area contributed by atoms with E-state index in [1.165, 1.54) is 4.31 Å². The zero-order valence-electron chi connectivity index (χ0n) is 15.1. The Morgan fingerprint density at radius 1 is 1.18 bits per heavy atom. The number of rotatable bonds is 6. The lowest BCUT2D eigenvalue weighted by atomic mass is 10.0. The van der Waals surface area contributed by atoms with Gasteiger partial charge in [-0.2, -0.15) is 9.29 Å². The van der Waals surface area contributed by atoms with E-state index in [0.29, 0.717) is 34.7 Å². The Bertz CT molecular complexity index is 1090. The first-order valence-electron chi connectivity index (χ1n) is 8.81. The Hall–Kier alpha value is -2.42. The van der Waals surface area contributed by atoms with Crippen LogP contribution in [0.15, 0.2) is 57.9 Å². The van der Waals surface area contributed by atoms with Crippen molar-refractivity contribution in [3.8, 4) is 17.1 Å².